The van der Waals surface area contributed by atoms with Crippen molar-refractivity contribution < 1.29 is 9.18 Å². The quantitative estimate of drug-likeness (QED) is 0.764. The Morgan fingerprint density at radius 2 is 2.04 bits per heavy atom. The Labute approximate surface area is 141 Å². The summed E-state index contributed by atoms with van der Waals surface area (Å²) in [5.74, 6) is -0.658. The molecule has 1 amide bonds. The number of nitrogens with one attached hydrogen (secondary N) is 2. The minimum Gasteiger partial charge on any atom is -0.366 e. The minimum atomic E-state index is -0.368. The van der Waals surface area contributed by atoms with Crippen molar-refractivity contribution in [1.29, 1.82) is 0 Å². The highest BCUT2D eigenvalue weighted by Gasteiger charge is 2.16. The van der Waals surface area contributed by atoms with E-state index >= 15 is 0 Å². The van der Waals surface area contributed by atoms with Gasteiger partial charge in [-0.3, -0.25) is 9.59 Å². The van der Waals surface area contributed by atoms with E-state index < -0.39 is 0 Å². The van der Waals surface area contributed by atoms with E-state index in [1.54, 1.807) is 19.1 Å². The molecule has 5 nitrogen and oxygen atoms in total. The molecule has 0 spiro atoms. The summed E-state index contributed by atoms with van der Waals surface area (Å²) in [6.45, 7) is 1.74. The SMILES string of the molecule is Cc1nc(Cc2ccc(F)cc2)sc1C(=O)Nc1c[nH]ccc1=O. The number of carbonyl (C=O) groups is 1. The molecule has 0 atom stereocenters. The summed E-state index contributed by atoms with van der Waals surface area (Å²) in [6.07, 6.45) is 3.46. The molecule has 7 heteroatoms. The van der Waals surface area contributed by atoms with E-state index in [4.69, 9.17) is 0 Å². The van der Waals surface area contributed by atoms with Crippen molar-refractivity contribution in [3.63, 3.8) is 0 Å². The minimum absolute atomic E-state index is 0.190. The first-order valence-corrected chi connectivity index (χ1v) is 8.04. The summed E-state index contributed by atoms with van der Waals surface area (Å²) in [6, 6.07) is 7.51. The van der Waals surface area contributed by atoms with Gasteiger partial charge in [-0.15, -0.1) is 11.3 Å². The summed E-state index contributed by atoms with van der Waals surface area (Å²) >= 11 is 1.26. The summed E-state index contributed by atoms with van der Waals surface area (Å²) in [4.78, 5) is 31.6. The lowest BCUT2D eigenvalue weighted by molar-refractivity contribution is 0.102. The van der Waals surface area contributed by atoms with Crippen molar-refractivity contribution >= 4 is 22.9 Å². The van der Waals surface area contributed by atoms with Crippen LogP contribution in [0.25, 0.3) is 0 Å². The van der Waals surface area contributed by atoms with Gasteiger partial charge in [-0.2, -0.15) is 0 Å². The van der Waals surface area contributed by atoms with Crippen LogP contribution in [-0.2, 0) is 6.42 Å². The molecule has 2 aromatic heterocycles. The van der Waals surface area contributed by atoms with Gasteiger partial charge >= 0.3 is 0 Å². The summed E-state index contributed by atoms with van der Waals surface area (Å²) in [7, 11) is 0. The van der Waals surface area contributed by atoms with Gasteiger partial charge in [0.15, 0.2) is 0 Å². The highest BCUT2D eigenvalue weighted by Crippen LogP contribution is 2.22. The van der Waals surface area contributed by atoms with Gasteiger partial charge in [-0.1, -0.05) is 12.1 Å². The van der Waals surface area contributed by atoms with Crippen LogP contribution in [0.1, 0.15) is 25.9 Å². The van der Waals surface area contributed by atoms with Crippen LogP contribution in [0.5, 0.6) is 0 Å². The predicted molar refractivity (Wildman–Crippen MR) is 91.1 cm³/mol. The van der Waals surface area contributed by atoms with E-state index in [-0.39, 0.29) is 22.8 Å². The smallest absolute Gasteiger partial charge is 0.267 e. The number of aryl methyl sites for hydroxylation is 1. The van der Waals surface area contributed by atoms with Crippen LogP contribution in [0.2, 0.25) is 0 Å². The molecule has 0 unspecified atom stereocenters. The van der Waals surface area contributed by atoms with Crippen LogP contribution in [-0.4, -0.2) is 15.9 Å². The fraction of sp³-hybridized carbons (Fsp3) is 0.118. The first-order valence-electron chi connectivity index (χ1n) is 7.22. The van der Waals surface area contributed by atoms with Gasteiger partial charge < -0.3 is 10.3 Å². The maximum absolute atomic E-state index is 12.9. The second-order valence-electron chi connectivity index (χ2n) is 5.20. The fourth-order valence-corrected chi connectivity index (χ4v) is 3.20. The molecule has 24 heavy (non-hydrogen) atoms. The van der Waals surface area contributed by atoms with Crippen molar-refractivity contribution in [3.8, 4) is 0 Å². The largest absolute Gasteiger partial charge is 0.366 e. The maximum atomic E-state index is 12.9. The van der Waals surface area contributed by atoms with Crippen LogP contribution < -0.4 is 10.7 Å². The van der Waals surface area contributed by atoms with Crippen molar-refractivity contribution in [2.24, 2.45) is 0 Å². The van der Waals surface area contributed by atoms with E-state index in [1.807, 2.05) is 0 Å². The van der Waals surface area contributed by atoms with Crippen molar-refractivity contribution in [3.05, 3.63) is 79.9 Å². The van der Waals surface area contributed by atoms with Gasteiger partial charge in [0.1, 0.15) is 16.4 Å². The first kappa shape index (κ1) is 16.1. The van der Waals surface area contributed by atoms with Crippen LogP contribution in [0.3, 0.4) is 0 Å². The third kappa shape index (κ3) is 3.57. The number of halogens is 1. The van der Waals surface area contributed by atoms with E-state index in [0.717, 1.165) is 10.6 Å². The lowest BCUT2D eigenvalue weighted by Crippen LogP contribution is -2.17. The normalized spacial score (nSPS) is 10.6. The number of benzene rings is 1. The fourth-order valence-electron chi connectivity index (χ4n) is 2.21. The Morgan fingerprint density at radius 1 is 1.29 bits per heavy atom. The average molecular weight is 343 g/mol. The van der Waals surface area contributed by atoms with Crippen LogP contribution >= 0.6 is 11.3 Å². The molecule has 0 bridgehead atoms. The zero-order chi connectivity index (χ0) is 17.1. The van der Waals surface area contributed by atoms with Crippen molar-refractivity contribution in [2.75, 3.05) is 5.32 Å². The highest BCUT2D eigenvalue weighted by molar-refractivity contribution is 7.14. The predicted octanol–water partition coefficient (Wildman–Crippen LogP) is 3.12. The molecule has 3 aromatic rings. The number of hydrogen-bond acceptors (Lipinski definition) is 4. The molecule has 0 aliphatic rings. The van der Waals surface area contributed by atoms with Gasteiger partial charge in [0.25, 0.3) is 5.91 Å². The molecular weight excluding hydrogens is 329 g/mol. The van der Waals surface area contributed by atoms with Gasteiger partial charge in [0.2, 0.25) is 5.43 Å². The van der Waals surface area contributed by atoms with Crippen molar-refractivity contribution in [2.45, 2.75) is 13.3 Å². The Hall–Kier alpha value is -2.80. The number of aromatic amines is 1. The topological polar surface area (TPSA) is 74.8 Å². The number of amides is 1. The third-order valence-corrected chi connectivity index (χ3v) is 4.54. The van der Waals surface area contributed by atoms with Gasteiger partial charge in [-0.25, -0.2) is 9.37 Å². The zero-order valence-corrected chi connectivity index (χ0v) is 13.6. The maximum Gasteiger partial charge on any atom is 0.267 e. The van der Waals surface area contributed by atoms with E-state index in [2.05, 4.69) is 15.3 Å². The lowest BCUT2D eigenvalue weighted by atomic mass is 10.1. The van der Waals surface area contributed by atoms with E-state index in [0.29, 0.717) is 17.0 Å². The number of thiazole rings is 1. The average Bonchev–Trinajstić information content (AvgIpc) is 2.92. The number of anilines is 1. The molecule has 0 saturated heterocycles. The molecule has 2 heterocycles. The molecule has 122 valence electrons. The second kappa shape index (κ2) is 6.76. The van der Waals surface area contributed by atoms with Crippen LogP contribution in [0, 0.1) is 12.7 Å². The molecule has 0 fully saturated rings. The molecule has 0 saturated carbocycles. The molecule has 2 N–H and O–H groups in total. The summed E-state index contributed by atoms with van der Waals surface area (Å²) in [5.41, 5.74) is 1.43. The summed E-state index contributed by atoms with van der Waals surface area (Å²) in [5, 5.41) is 3.35. The number of carbonyl (C=O) groups excluding carboxylic acids is 1. The Morgan fingerprint density at radius 3 is 2.75 bits per heavy atom. The van der Waals surface area contributed by atoms with Crippen molar-refractivity contribution in [1.82, 2.24) is 9.97 Å². The first-order chi connectivity index (χ1) is 11.5. The summed E-state index contributed by atoms with van der Waals surface area (Å²) < 4.78 is 12.9. The molecule has 1 aromatic carbocycles. The van der Waals surface area contributed by atoms with Crippen LogP contribution in [0.15, 0.2) is 47.5 Å². The second-order valence-corrected chi connectivity index (χ2v) is 6.29. The van der Waals surface area contributed by atoms with E-state index in [1.165, 1.54) is 41.9 Å². The number of nitrogens with zero attached hydrogens (tertiary/aromatic N) is 1. The van der Waals surface area contributed by atoms with E-state index in [9.17, 15) is 14.0 Å². The number of rotatable bonds is 4. The Kier molecular flexibility index (Phi) is 4.52. The Balaban J connectivity index is 1.78. The molecule has 0 aliphatic heterocycles. The molecule has 3 rings (SSSR count). The molecular formula is C17H14FN3O2S. The monoisotopic (exact) mass is 343 g/mol. The lowest BCUT2D eigenvalue weighted by Gasteiger charge is -2.02. The van der Waals surface area contributed by atoms with Gasteiger partial charge in [0, 0.05) is 24.9 Å². The van der Waals surface area contributed by atoms with Gasteiger partial charge in [-0.05, 0) is 24.6 Å². The Bertz CT molecular complexity index is 932. The highest BCUT2D eigenvalue weighted by atomic mass is 32.1. The zero-order valence-electron chi connectivity index (χ0n) is 12.8. The number of H-pyrrole nitrogens is 1. The number of hydrogen-bond donors (Lipinski definition) is 2. The number of aromatic nitrogens is 2. The standard InChI is InChI=1S/C17H14FN3O2S/c1-10-16(17(23)21-13-9-19-7-6-14(13)22)24-15(20-10)8-11-2-4-12(18)5-3-11/h2-7,9H,8H2,1H3,(H,19,22)(H,21,23). The number of pyridine rings is 1. The molecule has 0 radical (unpaired) electrons. The third-order valence-electron chi connectivity index (χ3n) is 3.39. The molecule has 0 aliphatic carbocycles. The van der Waals surface area contributed by atoms with Crippen LogP contribution in [0.4, 0.5) is 10.1 Å². The van der Waals surface area contributed by atoms with Gasteiger partial charge in [0.05, 0.1) is 10.7 Å².